The van der Waals surface area contributed by atoms with Crippen molar-refractivity contribution in [1.29, 1.82) is 0 Å². The highest BCUT2D eigenvalue weighted by atomic mass is 32.1. The molecule has 162 valence electrons. The van der Waals surface area contributed by atoms with Crippen LogP contribution in [0.4, 0.5) is 29.0 Å². The van der Waals surface area contributed by atoms with E-state index in [-0.39, 0.29) is 32.8 Å². The van der Waals surface area contributed by atoms with Crippen LogP contribution in [0.25, 0.3) is 6.08 Å². The first kappa shape index (κ1) is 25.0. The first-order chi connectivity index (χ1) is 14.1. The number of aromatic amines is 1. The van der Waals surface area contributed by atoms with Crippen molar-refractivity contribution < 1.29 is 27.2 Å². The molecular formula is C20H21F4N3O2S. The molecule has 2 rings (SSSR count). The van der Waals surface area contributed by atoms with Gasteiger partial charge in [-0.1, -0.05) is 48.8 Å². The van der Waals surface area contributed by atoms with E-state index in [2.05, 4.69) is 10.3 Å². The number of hydrogen-bond acceptors (Lipinski definition) is 4. The molecule has 1 heterocycles. The zero-order valence-electron chi connectivity index (χ0n) is 16.5. The summed E-state index contributed by atoms with van der Waals surface area (Å²) in [6.45, 7) is 5.05. The van der Waals surface area contributed by atoms with Crippen molar-refractivity contribution in [3.8, 4) is 0 Å². The standard InChI is InChI=1S/C18H15F4N3O2S.C2H6/c1-11-8-12(4-5-18(19,20)21)2-3-14(11)16(27)24-13-9-15(17(28)23-10-13)25(22)6-7-26;1-2/h2-5,7-10H,6H2,1H3,(H,23,28)(H,24,27);1-2H3/b5-4-;. The minimum atomic E-state index is -4.43. The van der Waals surface area contributed by atoms with Crippen LogP contribution in [-0.4, -0.2) is 29.9 Å². The average Bonchev–Trinajstić information content (AvgIpc) is 2.69. The Morgan fingerprint density at radius 2 is 1.93 bits per heavy atom. The van der Waals surface area contributed by atoms with Crippen LogP contribution in [0.3, 0.4) is 0 Å². The lowest BCUT2D eigenvalue weighted by Gasteiger charge is -2.13. The Kier molecular flexibility index (Phi) is 9.38. The zero-order valence-corrected chi connectivity index (χ0v) is 17.3. The summed E-state index contributed by atoms with van der Waals surface area (Å²) < 4.78 is 50.6. The third-order valence-corrected chi connectivity index (χ3v) is 3.92. The predicted octanol–water partition coefficient (Wildman–Crippen LogP) is 5.80. The van der Waals surface area contributed by atoms with E-state index in [1.165, 1.54) is 30.5 Å². The van der Waals surface area contributed by atoms with Crippen LogP contribution >= 0.6 is 12.2 Å². The maximum atomic E-state index is 13.8. The number of aldehydes is 1. The van der Waals surface area contributed by atoms with Crippen LogP contribution in [0.2, 0.25) is 0 Å². The van der Waals surface area contributed by atoms with Crippen LogP contribution in [0.1, 0.15) is 35.3 Å². The number of carbonyl (C=O) groups is 2. The Labute approximate surface area is 176 Å². The lowest BCUT2D eigenvalue weighted by molar-refractivity contribution is -0.107. The van der Waals surface area contributed by atoms with Crippen molar-refractivity contribution in [2.24, 2.45) is 0 Å². The maximum Gasteiger partial charge on any atom is 0.409 e. The summed E-state index contributed by atoms with van der Waals surface area (Å²) in [6.07, 6.45) is -1.70. The molecule has 0 fully saturated rings. The summed E-state index contributed by atoms with van der Waals surface area (Å²) in [5.74, 6) is -0.541. The number of nitrogens with zero attached hydrogens (tertiary/aromatic N) is 1. The van der Waals surface area contributed by atoms with Crippen molar-refractivity contribution in [3.05, 3.63) is 57.9 Å². The normalized spacial score (nSPS) is 10.9. The minimum absolute atomic E-state index is 0.0411. The van der Waals surface area contributed by atoms with Crippen molar-refractivity contribution in [2.75, 3.05) is 17.0 Å². The molecule has 0 saturated heterocycles. The molecule has 1 amide bonds. The van der Waals surface area contributed by atoms with Crippen LogP contribution < -0.4 is 10.4 Å². The van der Waals surface area contributed by atoms with Crippen molar-refractivity contribution in [1.82, 2.24) is 4.98 Å². The molecule has 30 heavy (non-hydrogen) atoms. The molecule has 10 heteroatoms. The van der Waals surface area contributed by atoms with E-state index in [1.807, 2.05) is 13.8 Å². The number of amides is 1. The van der Waals surface area contributed by atoms with E-state index in [0.29, 0.717) is 17.4 Å². The van der Waals surface area contributed by atoms with Gasteiger partial charge in [0.2, 0.25) is 0 Å². The van der Waals surface area contributed by atoms with Gasteiger partial charge in [-0.05, 0) is 30.2 Å². The number of anilines is 2. The number of H-pyrrole nitrogens is 1. The van der Waals surface area contributed by atoms with Crippen LogP contribution in [-0.2, 0) is 4.79 Å². The second kappa shape index (κ2) is 11.2. The van der Waals surface area contributed by atoms with Crippen molar-refractivity contribution in [2.45, 2.75) is 26.9 Å². The number of pyridine rings is 1. The lowest BCUT2D eigenvalue weighted by atomic mass is 10.0. The summed E-state index contributed by atoms with van der Waals surface area (Å²) in [5.41, 5.74) is 1.09. The number of alkyl halides is 3. The number of rotatable bonds is 6. The molecule has 0 radical (unpaired) electrons. The third kappa shape index (κ3) is 7.43. The highest BCUT2D eigenvalue weighted by Crippen LogP contribution is 2.22. The van der Waals surface area contributed by atoms with E-state index in [1.54, 1.807) is 6.92 Å². The minimum Gasteiger partial charge on any atom is -0.349 e. The van der Waals surface area contributed by atoms with Gasteiger partial charge in [0.1, 0.15) is 23.2 Å². The Bertz CT molecular complexity index is 971. The molecule has 0 bridgehead atoms. The predicted molar refractivity (Wildman–Crippen MR) is 112 cm³/mol. The van der Waals surface area contributed by atoms with E-state index >= 15 is 0 Å². The SMILES string of the molecule is CC.Cc1cc(/C=C\C(F)(F)F)ccc1C(=O)Nc1c[nH]c(=S)c(N(F)CC=O)c1. The maximum absolute atomic E-state index is 13.8. The van der Waals surface area contributed by atoms with Gasteiger partial charge in [-0.3, -0.25) is 4.79 Å². The fraction of sp³-hybridized carbons (Fsp3) is 0.250. The number of nitrogens with one attached hydrogen (secondary N) is 2. The Balaban J connectivity index is 0.00000218. The third-order valence-electron chi connectivity index (χ3n) is 3.60. The van der Waals surface area contributed by atoms with E-state index in [9.17, 15) is 27.2 Å². The molecule has 2 aromatic rings. The van der Waals surface area contributed by atoms with Gasteiger partial charge in [0.25, 0.3) is 5.91 Å². The van der Waals surface area contributed by atoms with Gasteiger partial charge in [0.15, 0.2) is 0 Å². The first-order valence-corrected chi connectivity index (χ1v) is 9.29. The fourth-order valence-corrected chi connectivity index (χ4v) is 2.54. The zero-order chi connectivity index (χ0) is 22.9. The number of halogens is 4. The van der Waals surface area contributed by atoms with Gasteiger partial charge in [-0.25, -0.2) is 5.12 Å². The second-order valence-electron chi connectivity index (χ2n) is 5.72. The molecule has 0 aliphatic rings. The molecule has 0 saturated carbocycles. The van der Waals surface area contributed by atoms with Gasteiger partial charge >= 0.3 is 6.18 Å². The van der Waals surface area contributed by atoms with Gasteiger partial charge in [-0.15, -0.1) is 0 Å². The molecule has 0 aliphatic heterocycles. The Hall–Kier alpha value is -3.01. The molecule has 1 aromatic carbocycles. The summed E-state index contributed by atoms with van der Waals surface area (Å²) in [5, 5.41) is 2.68. The number of hydrogen-bond donors (Lipinski definition) is 2. The monoisotopic (exact) mass is 443 g/mol. The average molecular weight is 443 g/mol. The highest BCUT2D eigenvalue weighted by Gasteiger charge is 2.21. The van der Waals surface area contributed by atoms with E-state index in [4.69, 9.17) is 12.2 Å². The molecule has 0 atom stereocenters. The Morgan fingerprint density at radius 1 is 1.27 bits per heavy atom. The number of aryl methyl sites for hydroxylation is 1. The number of aromatic nitrogens is 1. The molecule has 1 aromatic heterocycles. The van der Waals surface area contributed by atoms with Crippen molar-refractivity contribution >= 4 is 41.9 Å². The number of benzene rings is 1. The largest absolute Gasteiger partial charge is 0.409 e. The smallest absolute Gasteiger partial charge is 0.349 e. The van der Waals surface area contributed by atoms with Crippen LogP contribution in [0, 0.1) is 11.6 Å². The number of allylic oxidation sites excluding steroid dienone is 1. The summed E-state index contributed by atoms with van der Waals surface area (Å²) in [6, 6.07) is 5.46. The second-order valence-corrected chi connectivity index (χ2v) is 6.13. The van der Waals surface area contributed by atoms with Gasteiger partial charge < -0.3 is 15.1 Å². The van der Waals surface area contributed by atoms with Crippen LogP contribution in [0.5, 0.6) is 0 Å². The topological polar surface area (TPSA) is 65.2 Å². The van der Waals surface area contributed by atoms with Crippen molar-refractivity contribution in [3.63, 3.8) is 0 Å². The Morgan fingerprint density at radius 3 is 2.50 bits per heavy atom. The molecule has 0 spiro atoms. The first-order valence-electron chi connectivity index (χ1n) is 8.88. The number of carbonyl (C=O) groups excluding carboxylic acids is 2. The lowest BCUT2D eigenvalue weighted by Crippen LogP contribution is -2.17. The molecule has 0 aliphatic carbocycles. The van der Waals surface area contributed by atoms with Crippen LogP contribution in [0.15, 0.2) is 36.5 Å². The fourth-order valence-electron chi connectivity index (χ4n) is 2.32. The summed E-state index contributed by atoms with van der Waals surface area (Å²) >= 11 is 4.94. The molecule has 2 N–H and O–H groups in total. The van der Waals surface area contributed by atoms with Gasteiger partial charge in [-0.2, -0.15) is 13.2 Å². The molecule has 0 unspecified atom stereocenters. The van der Waals surface area contributed by atoms with Gasteiger partial charge in [0.05, 0.1) is 5.69 Å². The van der Waals surface area contributed by atoms with Gasteiger partial charge in [0, 0.05) is 17.8 Å². The van der Waals surface area contributed by atoms with E-state index < -0.39 is 18.6 Å². The van der Waals surface area contributed by atoms with E-state index in [0.717, 1.165) is 6.08 Å². The summed E-state index contributed by atoms with van der Waals surface area (Å²) in [4.78, 5) is 25.5. The summed E-state index contributed by atoms with van der Waals surface area (Å²) in [7, 11) is 0. The quantitative estimate of drug-likeness (QED) is 0.256. The molecular weight excluding hydrogens is 422 g/mol. The highest BCUT2D eigenvalue weighted by molar-refractivity contribution is 7.71. The molecule has 5 nitrogen and oxygen atoms in total.